The Bertz CT molecular complexity index is 557. The molecular formula is C18H20O2. The number of hydrogen-bond donors (Lipinski definition) is 1. The van der Waals surface area contributed by atoms with Crippen LogP contribution in [0.15, 0.2) is 54.6 Å². The summed E-state index contributed by atoms with van der Waals surface area (Å²) in [6.45, 7) is 0. The Labute approximate surface area is 120 Å². The van der Waals surface area contributed by atoms with E-state index in [0.29, 0.717) is 5.75 Å². The predicted molar refractivity (Wildman–Crippen MR) is 80.0 cm³/mol. The third-order valence-electron chi connectivity index (χ3n) is 4.53. The lowest BCUT2D eigenvalue weighted by atomic mass is 9.65. The Morgan fingerprint density at radius 2 is 1.45 bits per heavy atom. The van der Waals surface area contributed by atoms with Crippen LogP contribution in [-0.2, 0) is 5.41 Å². The van der Waals surface area contributed by atoms with Gasteiger partial charge in [-0.25, -0.2) is 5.26 Å². The highest BCUT2D eigenvalue weighted by atomic mass is 17.1. The molecule has 0 radical (unpaired) electrons. The van der Waals surface area contributed by atoms with Gasteiger partial charge in [-0.3, -0.25) is 0 Å². The van der Waals surface area contributed by atoms with Crippen molar-refractivity contribution in [2.24, 2.45) is 0 Å². The summed E-state index contributed by atoms with van der Waals surface area (Å²) in [5.41, 5.74) is 2.40. The Hall–Kier alpha value is -1.80. The summed E-state index contributed by atoms with van der Waals surface area (Å²) >= 11 is 0. The summed E-state index contributed by atoms with van der Waals surface area (Å²) < 4.78 is 0. The van der Waals surface area contributed by atoms with Gasteiger partial charge in [0.05, 0.1) is 0 Å². The second kappa shape index (κ2) is 5.68. The van der Waals surface area contributed by atoms with E-state index in [2.05, 4.69) is 41.3 Å². The van der Waals surface area contributed by atoms with Crippen molar-refractivity contribution >= 4 is 0 Å². The van der Waals surface area contributed by atoms with Gasteiger partial charge < -0.3 is 4.89 Å². The molecule has 1 saturated carbocycles. The Balaban J connectivity index is 2.15. The smallest absolute Gasteiger partial charge is 0.169 e. The number of rotatable bonds is 3. The molecule has 0 bridgehead atoms. The first-order valence-corrected chi connectivity index (χ1v) is 7.33. The molecule has 2 aromatic carbocycles. The molecule has 0 saturated heterocycles. The van der Waals surface area contributed by atoms with Crippen LogP contribution in [0.2, 0.25) is 0 Å². The van der Waals surface area contributed by atoms with Gasteiger partial charge in [-0.05, 0) is 24.5 Å². The quantitative estimate of drug-likeness (QED) is 0.640. The third kappa shape index (κ3) is 2.20. The summed E-state index contributed by atoms with van der Waals surface area (Å²) in [6.07, 6.45) is 5.94. The van der Waals surface area contributed by atoms with Crippen molar-refractivity contribution in [1.82, 2.24) is 0 Å². The Morgan fingerprint density at radius 1 is 0.800 bits per heavy atom. The fourth-order valence-electron chi connectivity index (χ4n) is 3.57. The van der Waals surface area contributed by atoms with Crippen molar-refractivity contribution in [3.05, 3.63) is 65.7 Å². The van der Waals surface area contributed by atoms with Gasteiger partial charge in [-0.1, -0.05) is 67.8 Å². The minimum Gasteiger partial charge on any atom is -0.340 e. The summed E-state index contributed by atoms with van der Waals surface area (Å²) in [7, 11) is 0. The molecule has 1 aliphatic carbocycles. The molecule has 1 aliphatic rings. The van der Waals surface area contributed by atoms with E-state index >= 15 is 0 Å². The lowest BCUT2D eigenvalue weighted by Crippen LogP contribution is -2.30. The molecule has 2 aromatic rings. The second-order valence-corrected chi connectivity index (χ2v) is 5.60. The van der Waals surface area contributed by atoms with E-state index in [9.17, 15) is 5.26 Å². The molecule has 0 amide bonds. The Kier molecular flexibility index (Phi) is 3.75. The average Bonchev–Trinajstić information content (AvgIpc) is 2.56. The molecule has 20 heavy (non-hydrogen) atoms. The summed E-state index contributed by atoms with van der Waals surface area (Å²) in [5, 5.41) is 9.21. The van der Waals surface area contributed by atoms with Crippen molar-refractivity contribution in [1.29, 1.82) is 0 Å². The van der Waals surface area contributed by atoms with Crippen LogP contribution in [0.3, 0.4) is 0 Å². The van der Waals surface area contributed by atoms with Crippen LogP contribution in [0.4, 0.5) is 0 Å². The second-order valence-electron chi connectivity index (χ2n) is 5.60. The normalized spacial score (nSPS) is 17.6. The maximum absolute atomic E-state index is 9.21. The van der Waals surface area contributed by atoms with E-state index in [1.54, 1.807) is 0 Å². The van der Waals surface area contributed by atoms with Crippen LogP contribution in [0, 0.1) is 0 Å². The van der Waals surface area contributed by atoms with Gasteiger partial charge in [0.15, 0.2) is 5.75 Å². The van der Waals surface area contributed by atoms with Crippen molar-refractivity contribution in [3.63, 3.8) is 0 Å². The highest BCUT2D eigenvalue weighted by Crippen LogP contribution is 2.47. The summed E-state index contributed by atoms with van der Waals surface area (Å²) in [4.78, 5) is 4.65. The molecule has 0 heterocycles. The molecule has 0 spiro atoms. The maximum atomic E-state index is 9.21. The van der Waals surface area contributed by atoms with Crippen LogP contribution >= 0.6 is 0 Å². The molecule has 0 aliphatic heterocycles. The van der Waals surface area contributed by atoms with E-state index in [1.165, 1.54) is 24.8 Å². The third-order valence-corrected chi connectivity index (χ3v) is 4.53. The minimum absolute atomic E-state index is 0.0289. The number of hydrogen-bond acceptors (Lipinski definition) is 2. The van der Waals surface area contributed by atoms with Gasteiger partial charge in [0, 0.05) is 11.0 Å². The maximum Gasteiger partial charge on any atom is 0.169 e. The molecule has 2 heteroatoms. The molecule has 0 aromatic heterocycles. The lowest BCUT2D eigenvalue weighted by Gasteiger charge is -2.39. The molecule has 104 valence electrons. The highest BCUT2D eigenvalue weighted by Gasteiger charge is 2.37. The molecule has 3 rings (SSSR count). The zero-order chi connectivity index (χ0) is 13.8. The van der Waals surface area contributed by atoms with E-state index in [-0.39, 0.29) is 5.41 Å². The zero-order valence-electron chi connectivity index (χ0n) is 11.6. The van der Waals surface area contributed by atoms with Gasteiger partial charge in [-0.2, -0.15) is 0 Å². The molecule has 0 atom stereocenters. The van der Waals surface area contributed by atoms with Crippen molar-refractivity contribution in [3.8, 4) is 5.75 Å². The fraction of sp³-hybridized carbons (Fsp3) is 0.333. The van der Waals surface area contributed by atoms with E-state index in [0.717, 1.165) is 18.4 Å². The SMILES string of the molecule is OOc1ccccc1C1(c2ccccc2)CCCCC1. The fourth-order valence-corrected chi connectivity index (χ4v) is 3.57. The molecular weight excluding hydrogens is 248 g/mol. The largest absolute Gasteiger partial charge is 0.340 e. The first-order valence-electron chi connectivity index (χ1n) is 7.33. The van der Waals surface area contributed by atoms with Crippen LogP contribution in [-0.4, -0.2) is 5.26 Å². The summed E-state index contributed by atoms with van der Waals surface area (Å²) in [6, 6.07) is 18.5. The molecule has 0 unspecified atom stereocenters. The van der Waals surface area contributed by atoms with Gasteiger partial charge in [0.1, 0.15) is 0 Å². The Morgan fingerprint density at radius 3 is 2.15 bits per heavy atom. The minimum atomic E-state index is -0.0289. The van der Waals surface area contributed by atoms with E-state index < -0.39 is 0 Å². The molecule has 1 N–H and O–H groups in total. The molecule has 1 fully saturated rings. The highest BCUT2D eigenvalue weighted by molar-refractivity contribution is 5.47. The summed E-state index contributed by atoms with van der Waals surface area (Å²) in [5.74, 6) is 0.582. The average molecular weight is 268 g/mol. The number of benzene rings is 2. The van der Waals surface area contributed by atoms with E-state index in [1.807, 2.05) is 18.2 Å². The van der Waals surface area contributed by atoms with E-state index in [4.69, 9.17) is 0 Å². The van der Waals surface area contributed by atoms with Crippen molar-refractivity contribution in [2.75, 3.05) is 0 Å². The first kappa shape index (κ1) is 13.2. The first-order chi connectivity index (χ1) is 9.87. The van der Waals surface area contributed by atoms with Crippen LogP contribution < -0.4 is 4.89 Å². The monoisotopic (exact) mass is 268 g/mol. The van der Waals surface area contributed by atoms with Crippen molar-refractivity contribution in [2.45, 2.75) is 37.5 Å². The van der Waals surface area contributed by atoms with Gasteiger partial charge >= 0.3 is 0 Å². The molecule has 2 nitrogen and oxygen atoms in total. The van der Waals surface area contributed by atoms with Crippen molar-refractivity contribution < 1.29 is 10.1 Å². The predicted octanol–water partition coefficient (Wildman–Crippen LogP) is 4.79. The lowest BCUT2D eigenvalue weighted by molar-refractivity contribution is -0.139. The van der Waals surface area contributed by atoms with Crippen LogP contribution in [0.25, 0.3) is 0 Å². The van der Waals surface area contributed by atoms with Crippen LogP contribution in [0.1, 0.15) is 43.2 Å². The van der Waals surface area contributed by atoms with Gasteiger partial charge in [0.25, 0.3) is 0 Å². The zero-order valence-corrected chi connectivity index (χ0v) is 11.6. The van der Waals surface area contributed by atoms with Gasteiger partial charge in [-0.15, -0.1) is 0 Å². The topological polar surface area (TPSA) is 29.5 Å². The number of para-hydroxylation sites is 1. The van der Waals surface area contributed by atoms with Gasteiger partial charge in [0.2, 0.25) is 0 Å². The standard InChI is InChI=1S/C18H20O2/c19-20-17-12-6-5-11-16(17)18(13-7-2-8-14-18)15-9-3-1-4-10-15/h1,3-6,9-12,19H,2,7-8,13-14H2. The van der Waals surface area contributed by atoms with Crippen LogP contribution in [0.5, 0.6) is 5.75 Å².